The molecule has 0 unspecified atom stereocenters. The van der Waals surface area contributed by atoms with Gasteiger partial charge >= 0.3 is 0 Å². The third kappa shape index (κ3) is 2.56. The van der Waals surface area contributed by atoms with Crippen LogP contribution in [0.4, 0.5) is 4.39 Å². The van der Waals surface area contributed by atoms with Crippen molar-refractivity contribution in [1.82, 2.24) is 9.71 Å². The van der Waals surface area contributed by atoms with E-state index in [1.54, 1.807) is 18.0 Å². The molecule has 0 saturated heterocycles. The van der Waals surface area contributed by atoms with E-state index in [1.165, 1.54) is 23.3 Å². The van der Waals surface area contributed by atoms with E-state index in [-0.39, 0.29) is 5.82 Å². The summed E-state index contributed by atoms with van der Waals surface area (Å²) in [5.41, 5.74) is 9.67. The van der Waals surface area contributed by atoms with Crippen LogP contribution < -0.4 is 10.5 Å². The van der Waals surface area contributed by atoms with Gasteiger partial charge in [0.2, 0.25) is 0 Å². The van der Waals surface area contributed by atoms with Crippen LogP contribution in [0.2, 0.25) is 0 Å². The number of fused-ring (bicyclic) bond motifs is 4. The largest absolute Gasteiger partial charge is 0.332 e. The van der Waals surface area contributed by atoms with Gasteiger partial charge in [-0.1, -0.05) is 0 Å². The second-order valence-electron chi connectivity index (χ2n) is 5.62. The molecule has 0 bridgehead atoms. The van der Waals surface area contributed by atoms with Crippen molar-refractivity contribution in [3.05, 3.63) is 53.5 Å². The van der Waals surface area contributed by atoms with Crippen LogP contribution in [0.3, 0.4) is 0 Å². The normalized spacial score (nSPS) is 13.3. The Bertz CT molecular complexity index is 937. The molecule has 0 fully saturated rings. The van der Waals surface area contributed by atoms with Crippen molar-refractivity contribution in [2.24, 2.45) is 5.73 Å². The first-order chi connectivity index (χ1) is 11.3. The highest BCUT2D eigenvalue weighted by molar-refractivity contribution is 7.97. The lowest BCUT2D eigenvalue weighted by Gasteiger charge is -2.17. The molecule has 3 nitrogen and oxygen atoms in total. The van der Waals surface area contributed by atoms with E-state index in [9.17, 15) is 4.39 Å². The molecule has 4 rings (SSSR count). The Morgan fingerprint density at radius 3 is 3.00 bits per heavy atom. The average molecular weight is 325 g/mol. The van der Waals surface area contributed by atoms with Crippen LogP contribution in [-0.4, -0.2) is 11.5 Å². The molecule has 0 aliphatic carbocycles. The SMILES string of the molecule is NCCCc1cc2c(c3cc4ccc(F)cc4nc13)SNC=C2. The number of rotatable bonds is 3. The van der Waals surface area contributed by atoms with E-state index >= 15 is 0 Å². The Balaban J connectivity index is 2.04. The molecule has 0 atom stereocenters. The number of hydrogen-bond donors (Lipinski definition) is 2. The summed E-state index contributed by atoms with van der Waals surface area (Å²) in [6.07, 6.45) is 5.80. The first kappa shape index (κ1) is 14.5. The molecule has 0 radical (unpaired) electrons. The number of aryl methyl sites for hydroxylation is 1. The Hall–Kier alpha value is -2.11. The van der Waals surface area contributed by atoms with Gasteiger partial charge in [-0.2, -0.15) is 0 Å². The highest BCUT2D eigenvalue weighted by atomic mass is 32.2. The zero-order valence-corrected chi connectivity index (χ0v) is 13.3. The second-order valence-corrected chi connectivity index (χ2v) is 6.47. The van der Waals surface area contributed by atoms with Gasteiger partial charge in [-0.15, -0.1) is 0 Å². The maximum atomic E-state index is 13.5. The van der Waals surface area contributed by atoms with Gasteiger partial charge < -0.3 is 10.5 Å². The summed E-state index contributed by atoms with van der Waals surface area (Å²) >= 11 is 1.59. The molecule has 1 aliphatic rings. The zero-order valence-electron chi connectivity index (χ0n) is 12.5. The number of halogens is 1. The monoisotopic (exact) mass is 325 g/mol. The quantitative estimate of drug-likeness (QED) is 0.564. The van der Waals surface area contributed by atoms with E-state index in [2.05, 4.69) is 22.9 Å². The van der Waals surface area contributed by atoms with Crippen LogP contribution in [0.25, 0.3) is 27.9 Å². The lowest BCUT2D eigenvalue weighted by Crippen LogP contribution is -2.04. The molecule has 116 valence electrons. The molecule has 23 heavy (non-hydrogen) atoms. The van der Waals surface area contributed by atoms with Crippen molar-refractivity contribution in [3.63, 3.8) is 0 Å². The van der Waals surface area contributed by atoms with Gasteiger partial charge in [-0.25, -0.2) is 9.37 Å². The van der Waals surface area contributed by atoms with E-state index in [0.29, 0.717) is 12.1 Å². The number of benzene rings is 2. The van der Waals surface area contributed by atoms with E-state index < -0.39 is 0 Å². The molecule has 3 aromatic rings. The molecular weight excluding hydrogens is 309 g/mol. The Morgan fingerprint density at radius 2 is 2.13 bits per heavy atom. The smallest absolute Gasteiger partial charge is 0.125 e. The molecule has 0 amide bonds. The summed E-state index contributed by atoms with van der Waals surface area (Å²) in [5.74, 6) is -0.259. The van der Waals surface area contributed by atoms with Crippen LogP contribution in [0, 0.1) is 5.82 Å². The van der Waals surface area contributed by atoms with Crippen LogP contribution in [0.5, 0.6) is 0 Å². The van der Waals surface area contributed by atoms with E-state index in [1.807, 2.05) is 6.20 Å². The van der Waals surface area contributed by atoms with Crippen molar-refractivity contribution >= 4 is 39.8 Å². The van der Waals surface area contributed by atoms with Crippen LogP contribution in [0.1, 0.15) is 17.5 Å². The van der Waals surface area contributed by atoms with Crippen molar-refractivity contribution < 1.29 is 4.39 Å². The topological polar surface area (TPSA) is 50.9 Å². The number of pyridine rings is 1. The van der Waals surface area contributed by atoms with Crippen LogP contribution >= 0.6 is 11.9 Å². The third-order valence-corrected chi connectivity index (χ3v) is 4.98. The number of nitrogens with one attached hydrogen (secondary N) is 1. The van der Waals surface area contributed by atoms with Gasteiger partial charge in [-0.05, 0) is 72.8 Å². The zero-order chi connectivity index (χ0) is 15.8. The maximum Gasteiger partial charge on any atom is 0.125 e. The summed E-state index contributed by atoms with van der Waals surface area (Å²) in [6.45, 7) is 0.646. The molecule has 3 N–H and O–H groups in total. The van der Waals surface area contributed by atoms with E-state index in [0.717, 1.165) is 34.0 Å². The summed E-state index contributed by atoms with van der Waals surface area (Å²) in [5, 5.41) is 2.06. The molecular formula is C18H16FN3S. The average Bonchev–Trinajstić information content (AvgIpc) is 2.58. The highest BCUT2D eigenvalue weighted by Gasteiger charge is 2.15. The molecule has 0 saturated carbocycles. The third-order valence-electron chi connectivity index (χ3n) is 4.06. The second kappa shape index (κ2) is 5.83. The maximum absolute atomic E-state index is 13.5. The van der Waals surface area contributed by atoms with Gasteiger partial charge in [0.15, 0.2) is 0 Å². The fourth-order valence-corrected chi connectivity index (χ4v) is 3.74. The van der Waals surface area contributed by atoms with Crippen molar-refractivity contribution in [2.45, 2.75) is 17.7 Å². The van der Waals surface area contributed by atoms with Gasteiger partial charge in [-0.3, -0.25) is 0 Å². The molecule has 2 heterocycles. The Morgan fingerprint density at radius 1 is 1.22 bits per heavy atom. The fraction of sp³-hybridized carbons (Fsp3) is 0.167. The highest BCUT2D eigenvalue weighted by Crippen LogP contribution is 2.36. The Kier molecular flexibility index (Phi) is 3.67. The number of hydrogen-bond acceptors (Lipinski definition) is 4. The molecule has 5 heteroatoms. The van der Waals surface area contributed by atoms with Crippen molar-refractivity contribution in [1.29, 1.82) is 0 Å². The van der Waals surface area contributed by atoms with Crippen molar-refractivity contribution in [2.75, 3.05) is 6.54 Å². The predicted molar refractivity (Wildman–Crippen MR) is 94.6 cm³/mol. The molecule has 2 aromatic carbocycles. The number of nitrogens with zero attached hydrogens (tertiary/aromatic N) is 1. The number of aromatic nitrogens is 1. The lowest BCUT2D eigenvalue weighted by molar-refractivity contribution is 0.629. The van der Waals surface area contributed by atoms with Gasteiger partial charge in [0.1, 0.15) is 5.82 Å². The lowest BCUT2D eigenvalue weighted by atomic mass is 9.99. The minimum Gasteiger partial charge on any atom is -0.332 e. The Labute approximate surface area is 137 Å². The summed E-state index contributed by atoms with van der Waals surface area (Å²) in [6, 6.07) is 9.04. The molecule has 1 aromatic heterocycles. The van der Waals surface area contributed by atoms with Crippen LogP contribution in [-0.2, 0) is 6.42 Å². The minimum absolute atomic E-state index is 0.259. The fourth-order valence-electron chi connectivity index (χ4n) is 2.97. The predicted octanol–water partition coefficient (Wildman–Crippen LogP) is 4.00. The van der Waals surface area contributed by atoms with E-state index in [4.69, 9.17) is 10.7 Å². The van der Waals surface area contributed by atoms with Gasteiger partial charge in [0, 0.05) is 27.9 Å². The van der Waals surface area contributed by atoms with Gasteiger partial charge in [0.25, 0.3) is 0 Å². The van der Waals surface area contributed by atoms with Gasteiger partial charge in [0.05, 0.1) is 11.0 Å². The minimum atomic E-state index is -0.259. The first-order valence-corrected chi connectivity index (χ1v) is 8.43. The summed E-state index contributed by atoms with van der Waals surface area (Å²) in [4.78, 5) is 5.92. The van der Waals surface area contributed by atoms with Crippen LogP contribution in [0.15, 0.2) is 41.4 Å². The summed E-state index contributed by atoms with van der Waals surface area (Å²) in [7, 11) is 0. The summed E-state index contributed by atoms with van der Waals surface area (Å²) < 4.78 is 16.7. The van der Waals surface area contributed by atoms with Crippen molar-refractivity contribution in [3.8, 4) is 0 Å². The molecule has 1 aliphatic heterocycles. The number of nitrogens with two attached hydrogens (primary N) is 1. The standard InChI is InChI=1S/C18H16FN3S/c19-14-4-3-11-9-15-17(22-16(11)10-14)12(2-1-6-20)8-13-5-7-21-23-18(13)15/h3-5,7-10,21H,1-2,6,20H2. The molecule has 0 spiro atoms. The first-order valence-electron chi connectivity index (χ1n) is 7.61.